The monoisotopic (exact) mass is 219 g/mol. The predicted octanol–water partition coefficient (Wildman–Crippen LogP) is 1.09. The Hall–Kier alpha value is -1.67. The highest BCUT2D eigenvalue weighted by Crippen LogP contribution is 2.01. The summed E-state index contributed by atoms with van der Waals surface area (Å²) in [5.41, 5.74) is 1.08. The highest BCUT2D eigenvalue weighted by atomic mass is 15.3. The second-order valence-electron chi connectivity index (χ2n) is 4.73. The maximum Gasteiger partial charge on any atom is 0.252 e. The minimum Gasteiger partial charge on any atom is -0.308 e. The standard InChI is InChI=1S/C11H17N5/c1-9(6-14-11(2,3)4)7-16-8-13-10(5-12)15-16/h8,14H,1,6-7H2,2-4H3. The lowest BCUT2D eigenvalue weighted by atomic mass is 10.1. The van der Waals surface area contributed by atoms with Crippen LogP contribution in [-0.4, -0.2) is 26.8 Å². The third-order valence-corrected chi connectivity index (χ3v) is 1.89. The van der Waals surface area contributed by atoms with E-state index in [0.29, 0.717) is 6.54 Å². The van der Waals surface area contributed by atoms with Gasteiger partial charge in [-0.15, -0.1) is 5.10 Å². The van der Waals surface area contributed by atoms with Gasteiger partial charge in [0.1, 0.15) is 12.4 Å². The molecule has 0 saturated carbocycles. The van der Waals surface area contributed by atoms with Crippen LogP contribution in [0.15, 0.2) is 18.5 Å². The zero-order valence-corrected chi connectivity index (χ0v) is 9.99. The molecule has 0 amide bonds. The van der Waals surface area contributed by atoms with Crippen LogP contribution in [0.5, 0.6) is 0 Å². The van der Waals surface area contributed by atoms with Gasteiger partial charge in [0, 0.05) is 12.1 Å². The first-order chi connectivity index (χ1) is 7.40. The lowest BCUT2D eigenvalue weighted by Gasteiger charge is -2.21. The van der Waals surface area contributed by atoms with Crippen molar-refractivity contribution in [3.63, 3.8) is 0 Å². The van der Waals surface area contributed by atoms with Crippen LogP contribution in [0, 0.1) is 11.3 Å². The Bertz CT molecular complexity index is 405. The third kappa shape index (κ3) is 4.24. The van der Waals surface area contributed by atoms with Crippen molar-refractivity contribution < 1.29 is 0 Å². The molecule has 1 aromatic heterocycles. The maximum atomic E-state index is 8.57. The second kappa shape index (κ2) is 4.90. The van der Waals surface area contributed by atoms with E-state index in [1.54, 1.807) is 11.0 Å². The molecule has 1 aromatic rings. The van der Waals surface area contributed by atoms with Crippen molar-refractivity contribution in [2.45, 2.75) is 32.9 Å². The molecule has 0 bridgehead atoms. The summed E-state index contributed by atoms with van der Waals surface area (Å²) < 4.78 is 1.62. The van der Waals surface area contributed by atoms with E-state index in [0.717, 1.165) is 12.1 Å². The van der Waals surface area contributed by atoms with E-state index in [9.17, 15) is 0 Å². The van der Waals surface area contributed by atoms with Crippen molar-refractivity contribution in [3.8, 4) is 6.07 Å². The Morgan fingerprint density at radius 3 is 2.81 bits per heavy atom. The summed E-state index contributed by atoms with van der Waals surface area (Å²) in [5, 5.41) is 15.9. The van der Waals surface area contributed by atoms with Crippen LogP contribution in [0.1, 0.15) is 26.6 Å². The summed E-state index contributed by atoms with van der Waals surface area (Å²) in [7, 11) is 0. The molecule has 0 aliphatic carbocycles. The van der Waals surface area contributed by atoms with E-state index in [-0.39, 0.29) is 11.4 Å². The van der Waals surface area contributed by atoms with Crippen molar-refractivity contribution in [1.29, 1.82) is 5.26 Å². The summed E-state index contributed by atoms with van der Waals surface area (Å²) in [6.45, 7) is 11.6. The predicted molar refractivity (Wildman–Crippen MR) is 61.6 cm³/mol. The van der Waals surface area contributed by atoms with Gasteiger partial charge in [0.25, 0.3) is 5.82 Å². The summed E-state index contributed by atoms with van der Waals surface area (Å²) in [6, 6.07) is 1.89. The molecule has 0 aliphatic heterocycles. The highest BCUT2D eigenvalue weighted by Gasteiger charge is 2.09. The van der Waals surface area contributed by atoms with Gasteiger partial charge < -0.3 is 5.32 Å². The molecule has 0 fully saturated rings. The molecule has 0 aliphatic rings. The first kappa shape index (κ1) is 12.4. The first-order valence-electron chi connectivity index (χ1n) is 5.12. The van der Waals surface area contributed by atoms with Crippen molar-refractivity contribution in [1.82, 2.24) is 20.1 Å². The largest absolute Gasteiger partial charge is 0.308 e. The Kier molecular flexibility index (Phi) is 3.80. The molecule has 0 radical (unpaired) electrons. The Morgan fingerprint density at radius 2 is 2.31 bits per heavy atom. The van der Waals surface area contributed by atoms with E-state index in [1.807, 2.05) is 6.07 Å². The fraction of sp³-hybridized carbons (Fsp3) is 0.545. The number of hydrogen-bond donors (Lipinski definition) is 1. The van der Waals surface area contributed by atoms with Gasteiger partial charge in [0.05, 0.1) is 6.54 Å². The van der Waals surface area contributed by atoms with E-state index in [4.69, 9.17) is 5.26 Å². The molecule has 16 heavy (non-hydrogen) atoms. The summed E-state index contributed by atoms with van der Waals surface area (Å²) in [4.78, 5) is 3.83. The third-order valence-electron chi connectivity index (χ3n) is 1.89. The summed E-state index contributed by atoms with van der Waals surface area (Å²) >= 11 is 0. The van der Waals surface area contributed by atoms with Crippen molar-refractivity contribution in [2.75, 3.05) is 6.54 Å². The number of nitrogens with one attached hydrogen (secondary N) is 1. The SMILES string of the molecule is C=C(CNC(C)(C)C)Cn1cnc(C#N)n1. The zero-order chi connectivity index (χ0) is 12.2. The van der Waals surface area contributed by atoms with Crippen LogP contribution in [0.2, 0.25) is 0 Å². The normalized spacial score (nSPS) is 11.1. The number of nitriles is 1. The van der Waals surface area contributed by atoms with Gasteiger partial charge in [-0.25, -0.2) is 9.67 Å². The summed E-state index contributed by atoms with van der Waals surface area (Å²) in [5.74, 6) is 0.191. The van der Waals surface area contributed by atoms with Gasteiger partial charge in [0.2, 0.25) is 0 Å². The van der Waals surface area contributed by atoms with Crippen LogP contribution in [-0.2, 0) is 6.54 Å². The van der Waals surface area contributed by atoms with E-state index < -0.39 is 0 Å². The molecule has 5 nitrogen and oxygen atoms in total. The van der Waals surface area contributed by atoms with Crippen LogP contribution in [0.25, 0.3) is 0 Å². The minimum atomic E-state index is 0.0725. The van der Waals surface area contributed by atoms with Crippen LogP contribution in [0.4, 0.5) is 0 Å². The van der Waals surface area contributed by atoms with Gasteiger partial charge in [-0.2, -0.15) is 5.26 Å². The van der Waals surface area contributed by atoms with E-state index in [1.165, 1.54) is 0 Å². The quantitative estimate of drug-likeness (QED) is 0.770. The fourth-order valence-electron chi connectivity index (χ4n) is 1.10. The number of aromatic nitrogens is 3. The zero-order valence-electron chi connectivity index (χ0n) is 9.99. The second-order valence-corrected chi connectivity index (χ2v) is 4.73. The van der Waals surface area contributed by atoms with Crippen LogP contribution >= 0.6 is 0 Å². The molecular weight excluding hydrogens is 202 g/mol. The Balaban J connectivity index is 2.43. The minimum absolute atomic E-state index is 0.0725. The Morgan fingerprint density at radius 1 is 1.62 bits per heavy atom. The average molecular weight is 219 g/mol. The van der Waals surface area contributed by atoms with Crippen molar-refractivity contribution >= 4 is 0 Å². The van der Waals surface area contributed by atoms with Gasteiger partial charge in [-0.3, -0.25) is 0 Å². The number of rotatable bonds is 4. The number of hydrogen-bond acceptors (Lipinski definition) is 4. The molecule has 0 aromatic carbocycles. The lowest BCUT2D eigenvalue weighted by Crippen LogP contribution is -2.37. The molecule has 1 heterocycles. The highest BCUT2D eigenvalue weighted by molar-refractivity contribution is 5.06. The van der Waals surface area contributed by atoms with Crippen molar-refractivity contribution in [2.24, 2.45) is 0 Å². The molecule has 5 heteroatoms. The van der Waals surface area contributed by atoms with Gasteiger partial charge >= 0.3 is 0 Å². The van der Waals surface area contributed by atoms with E-state index >= 15 is 0 Å². The average Bonchev–Trinajstić information content (AvgIpc) is 2.61. The molecule has 0 atom stereocenters. The molecule has 0 unspecified atom stereocenters. The van der Waals surface area contributed by atoms with Crippen LogP contribution in [0.3, 0.4) is 0 Å². The fourth-order valence-corrected chi connectivity index (χ4v) is 1.10. The molecule has 1 rings (SSSR count). The summed E-state index contributed by atoms with van der Waals surface area (Å²) in [6.07, 6.45) is 1.54. The van der Waals surface area contributed by atoms with Crippen LogP contribution < -0.4 is 5.32 Å². The molecule has 86 valence electrons. The molecule has 0 saturated heterocycles. The van der Waals surface area contributed by atoms with Crippen molar-refractivity contribution in [3.05, 3.63) is 24.3 Å². The molecule has 0 spiro atoms. The van der Waals surface area contributed by atoms with Gasteiger partial charge in [-0.1, -0.05) is 6.58 Å². The maximum absolute atomic E-state index is 8.57. The molecular formula is C11H17N5. The first-order valence-corrected chi connectivity index (χ1v) is 5.12. The topological polar surface area (TPSA) is 66.5 Å². The van der Waals surface area contributed by atoms with Gasteiger partial charge in [-0.05, 0) is 26.3 Å². The lowest BCUT2D eigenvalue weighted by molar-refractivity contribution is 0.438. The number of nitrogens with zero attached hydrogens (tertiary/aromatic N) is 4. The molecule has 1 N–H and O–H groups in total. The smallest absolute Gasteiger partial charge is 0.252 e. The van der Waals surface area contributed by atoms with Gasteiger partial charge in [0.15, 0.2) is 0 Å². The van der Waals surface area contributed by atoms with E-state index in [2.05, 4.69) is 42.7 Å². The Labute approximate surface area is 95.8 Å².